The number of ether oxygens (including phenoxy) is 1. The van der Waals surface area contributed by atoms with Gasteiger partial charge in [-0.3, -0.25) is 4.79 Å². The Morgan fingerprint density at radius 2 is 1.83 bits per heavy atom. The minimum Gasteiger partial charge on any atom is -0.484 e. The van der Waals surface area contributed by atoms with Crippen LogP contribution in [0.25, 0.3) is 0 Å². The van der Waals surface area contributed by atoms with E-state index in [0.717, 1.165) is 5.56 Å². The van der Waals surface area contributed by atoms with Gasteiger partial charge in [0.1, 0.15) is 16.8 Å². The van der Waals surface area contributed by atoms with Crippen LogP contribution >= 0.6 is 0 Å². The molecule has 1 atom stereocenters. The van der Waals surface area contributed by atoms with E-state index in [2.05, 4.69) is 5.32 Å². The molecule has 0 unspecified atom stereocenters. The summed E-state index contributed by atoms with van der Waals surface area (Å²) < 4.78 is 37.5. The van der Waals surface area contributed by atoms with Gasteiger partial charge in [0.05, 0.1) is 11.2 Å². The van der Waals surface area contributed by atoms with Gasteiger partial charge in [-0.25, -0.2) is 8.42 Å². The van der Waals surface area contributed by atoms with E-state index in [0.29, 0.717) is 11.3 Å². The Labute approximate surface area is 170 Å². The molecule has 1 amide bonds. The third kappa shape index (κ3) is 5.06. The van der Waals surface area contributed by atoms with Gasteiger partial charge in [0.25, 0.3) is 5.91 Å². The van der Waals surface area contributed by atoms with Crippen molar-refractivity contribution in [3.8, 4) is 5.75 Å². The van der Waals surface area contributed by atoms with Gasteiger partial charge in [-0.05, 0) is 55.3 Å². The van der Waals surface area contributed by atoms with E-state index in [1.807, 2.05) is 19.1 Å². The maximum Gasteiger partial charge on any atom is 0.257 e. The van der Waals surface area contributed by atoms with E-state index < -0.39 is 21.0 Å². The fourth-order valence-electron chi connectivity index (χ4n) is 2.93. The summed E-state index contributed by atoms with van der Waals surface area (Å²) in [6.45, 7) is 3.25. The van der Waals surface area contributed by atoms with Crippen molar-refractivity contribution in [1.29, 1.82) is 0 Å². The van der Waals surface area contributed by atoms with Crippen molar-refractivity contribution >= 4 is 15.7 Å². The Morgan fingerprint density at radius 3 is 2.52 bits per heavy atom. The van der Waals surface area contributed by atoms with Crippen LogP contribution in [0.4, 0.5) is 0 Å². The summed E-state index contributed by atoms with van der Waals surface area (Å²) in [5.74, 6) is 0.421. The third-order valence-electron chi connectivity index (χ3n) is 4.48. The van der Waals surface area contributed by atoms with Crippen molar-refractivity contribution in [3.05, 3.63) is 83.8 Å². The van der Waals surface area contributed by atoms with Crippen molar-refractivity contribution in [2.75, 3.05) is 13.2 Å². The molecule has 0 radical (unpaired) electrons. The molecular weight excluding hydrogens is 390 g/mol. The van der Waals surface area contributed by atoms with E-state index in [1.54, 1.807) is 55.5 Å². The Balaban J connectivity index is 1.76. The highest BCUT2D eigenvalue weighted by Gasteiger charge is 2.33. The number of sulfone groups is 1. The summed E-state index contributed by atoms with van der Waals surface area (Å²) in [6.07, 6.45) is 1.42. The molecule has 3 aromatic rings. The maximum atomic E-state index is 13.4. The zero-order valence-corrected chi connectivity index (χ0v) is 17.1. The third-order valence-corrected chi connectivity index (χ3v) is 6.68. The molecule has 6 nitrogen and oxygen atoms in total. The molecule has 0 aliphatic heterocycles. The molecule has 0 aliphatic rings. The second-order valence-corrected chi connectivity index (χ2v) is 8.82. The number of carbonyl (C=O) groups excluding carboxylic acids is 1. The monoisotopic (exact) mass is 413 g/mol. The average Bonchev–Trinajstić information content (AvgIpc) is 3.23. The minimum atomic E-state index is -3.79. The van der Waals surface area contributed by atoms with Crippen molar-refractivity contribution < 1.29 is 22.4 Å². The normalized spacial score (nSPS) is 12.3. The number of hydrogen-bond donors (Lipinski definition) is 1. The van der Waals surface area contributed by atoms with E-state index in [4.69, 9.17) is 9.15 Å². The van der Waals surface area contributed by atoms with Crippen LogP contribution in [0, 0.1) is 13.8 Å². The van der Waals surface area contributed by atoms with Gasteiger partial charge < -0.3 is 14.5 Å². The fraction of sp³-hybridized carbons (Fsp3) is 0.227. The summed E-state index contributed by atoms with van der Waals surface area (Å²) in [6, 6.07) is 17.4. The molecular formula is C22H23NO5S. The number of aryl methyl sites for hydroxylation is 2. The molecule has 1 N–H and O–H groups in total. The van der Waals surface area contributed by atoms with Crippen molar-refractivity contribution in [2.24, 2.45) is 0 Å². The number of nitrogens with one attached hydrogen (secondary N) is 1. The van der Waals surface area contributed by atoms with Crippen molar-refractivity contribution in [1.82, 2.24) is 5.32 Å². The summed E-state index contributed by atoms with van der Waals surface area (Å²) in [4.78, 5) is 12.4. The highest BCUT2D eigenvalue weighted by Crippen LogP contribution is 2.31. The molecule has 3 rings (SSSR count). The van der Waals surface area contributed by atoms with Crippen LogP contribution in [0.1, 0.15) is 22.1 Å². The van der Waals surface area contributed by atoms with Crippen LogP contribution < -0.4 is 10.1 Å². The summed E-state index contributed by atoms with van der Waals surface area (Å²) in [7, 11) is -3.79. The first-order chi connectivity index (χ1) is 13.9. The van der Waals surface area contributed by atoms with E-state index in [9.17, 15) is 13.2 Å². The van der Waals surface area contributed by atoms with Crippen molar-refractivity contribution in [3.63, 3.8) is 0 Å². The van der Waals surface area contributed by atoms with Gasteiger partial charge in [0, 0.05) is 6.54 Å². The van der Waals surface area contributed by atoms with Gasteiger partial charge in [-0.2, -0.15) is 0 Å². The smallest absolute Gasteiger partial charge is 0.257 e. The topological polar surface area (TPSA) is 85.6 Å². The molecule has 0 bridgehead atoms. The van der Waals surface area contributed by atoms with Crippen LogP contribution in [0.5, 0.6) is 5.75 Å². The molecule has 1 heterocycles. The lowest BCUT2D eigenvalue weighted by atomic mass is 10.2. The highest BCUT2D eigenvalue weighted by molar-refractivity contribution is 7.91. The van der Waals surface area contributed by atoms with Crippen LogP contribution in [-0.2, 0) is 14.6 Å². The summed E-state index contributed by atoms with van der Waals surface area (Å²) >= 11 is 0. The SMILES string of the molecule is Cc1ccc(C)c(S(=O)(=O)[C@H](CNC(=O)COc2ccccc2)c2ccco2)c1. The van der Waals surface area contributed by atoms with Crippen LogP contribution in [0.15, 0.2) is 76.2 Å². The van der Waals surface area contributed by atoms with Gasteiger partial charge in [-0.1, -0.05) is 30.3 Å². The fourth-order valence-corrected chi connectivity index (χ4v) is 4.84. The molecule has 0 saturated carbocycles. The average molecular weight is 413 g/mol. The molecule has 0 fully saturated rings. The number of rotatable bonds is 8. The number of para-hydroxylation sites is 1. The first-order valence-electron chi connectivity index (χ1n) is 9.17. The lowest BCUT2D eigenvalue weighted by Gasteiger charge is -2.18. The number of furan rings is 1. The largest absolute Gasteiger partial charge is 0.484 e. The Kier molecular flexibility index (Phi) is 6.39. The molecule has 2 aromatic carbocycles. The lowest BCUT2D eigenvalue weighted by Crippen LogP contribution is -2.35. The van der Waals surface area contributed by atoms with Crippen LogP contribution in [0.2, 0.25) is 0 Å². The predicted molar refractivity (Wildman–Crippen MR) is 109 cm³/mol. The first-order valence-corrected chi connectivity index (χ1v) is 10.7. The number of carbonyl (C=O) groups is 1. The van der Waals surface area contributed by atoms with E-state index in [-0.39, 0.29) is 23.8 Å². The number of benzene rings is 2. The summed E-state index contributed by atoms with van der Waals surface area (Å²) in [5, 5.41) is 1.61. The van der Waals surface area contributed by atoms with Crippen LogP contribution in [0.3, 0.4) is 0 Å². The zero-order valence-electron chi connectivity index (χ0n) is 16.3. The quantitative estimate of drug-likeness (QED) is 0.610. The zero-order chi connectivity index (χ0) is 20.9. The lowest BCUT2D eigenvalue weighted by molar-refractivity contribution is -0.123. The Hall–Kier alpha value is -3.06. The van der Waals surface area contributed by atoms with E-state index in [1.165, 1.54) is 6.26 Å². The van der Waals surface area contributed by atoms with Crippen molar-refractivity contribution in [2.45, 2.75) is 24.0 Å². The predicted octanol–water partition coefficient (Wildman–Crippen LogP) is 3.61. The van der Waals surface area contributed by atoms with E-state index >= 15 is 0 Å². The van der Waals surface area contributed by atoms with Gasteiger partial charge >= 0.3 is 0 Å². The number of amides is 1. The number of hydrogen-bond acceptors (Lipinski definition) is 5. The van der Waals surface area contributed by atoms with Gasteiger partial charge in [-0.15, -0.1) is 0 Å². The molecule has 0 spiro atoms. The maximum absolute atomic E-state index is 13.4. The Morgan fingerprint density at radius 1 is 1.07 bits per heavy atom. The standard InChI is InChI=1S/C22H23NO5S/c1-16-10-11-17(2)20(13-16)29(25,26)21(19-9-6-12-27-19)14-23-22(24)15-28-18-7-4-3-5-8-18/h3-13,21H,14-15H2,1-2H3,(H,23,24)/t21-/m1/s1. The van der Waals surface area contributed by atoms with Gasteiger partial charge in [0.2, 0.25) is 0 Å². The molecule has 7 heteroatoms. The second kappa shape index (κ2) is 8.96. The molecule has 152 valence electrons. The molecule has 0 saturated heterocycles. The molecule has 0 aliphatic carbocycles. The van der Waals surface area contributed by atoms with Gasteiger partial charge in [0.15, 0.2) is 16.4 Å². The molecule has 29 heavy (non-hydrogen) atoms. The Bertz CT molecular complexity index is 1060. The minimum absolute atomic E-state index is 0.125. The molecule has 1 aromatic heterocycles. The summed E-state index contributed by atoms with van der Waals surface area (Å²) in [5.41, 5.74) is 1.48. The highest BCUT2D eigenvalue weighted by atomic mass is 32.2. The second-order valence-electron chi connectivity index (χ2n) is 6.72. The van der Waals surface area contributed by atoms with Crippen LogP contribution in [-0.4, -0.2) is 27.5 Å². The first kappa shape index (κ1) is 20.7.